The van der Waals surface area contributed by atoms with Crippen molar-refractivity contribution in [3.8, 4) is 5.75 Å². The van der Waals surface area contributed by atoms with Gasteiger partial charge in [0.2, 0.25) is 11.8 Å². The third-order valence-corrected chi connectivity index (χ3v) is 7.44. The molecule has 1 N–H and O–H groups in total. The molecule has 9 nitrogen and oxygen atoms in total. The highest BCUT2D eigenvalue weighted by atomic mass is 32.2. The molecule has 0 heterocycles. The van der Waals surface area contributed by atoms with Crippen LogP contribution in [-0.4, -0.2) is 69.8 Å². The normalized spacial score (nSPS) is 12.3. The van der Waals surface area contributed by atoms with Crippen LogP contribution in [0.4, 0.5) is 5.69 Å². The Bertz CT molecular complexity index is 1110. The fraction of sp³-hybridized carbons (Fsp3) is 0.462. The summed E-state index contributed by atoms with van der Waals surface area (Å²) in [6.45, 7) is 5.95. The van der Waals surface area contributed by atoms with E-state index in [2.05, 4.69) is 5.32 Å². The van der Waals surface area contributed by atoms with Gasteiger partial charge in [0.1, 0.15) is 18.3 Å². The van der Waals surface area contributed by atoms with Crippen molar-refractivity contribution in [3.05, 3.63) is 60.2 Å². The van der Waals surface area contributed by atoms with Crippen LogP contribution in [0.5, 0.6) is 5.75 Å². The SMILES string of the molecule is CC[C@@H](C(=O)NCC(C)C)N(Cc1cccc(OC)c1)C(=O)CN(c1ccccc1)S(=O)(=O)N(C)C. The van der Waals surface area contributed by atoms with Crippen molar-refractivity contribution in [2.45, 2.75) is 39.8 Å². The standard InChI is InChI=1S/C26H38N4O5S/c1-7-24(26(32)27-17-20(2)3)29(18-21-12-11-15-23(16-21)35-6)25(31)19-30(36(33,34)28(4)5)22-13-9-8-10-14-22/h8-16,20,24H,7,17-19H2,1-6H3,(H,27,32)/t24-/m0/s1. The highest BCUT2D eigenvalue weighted by Crippen LogP contribution is 2.22. The lowest BCUT2D eigenvalue weighted by molar-refractivity contribution is -0.140. The monoisotopic (exact) mass is 518 g/mol. The number of ether oxygens (including phenoxy) is 1. The van der Waals surface area contributed by atoms with Gasteiger partial charge in [-0.05, 0) is 42.2 Å². The number of nitrogens with zero attached hydrogens (tertiary/aromatic N) is 3. The zero-order valence-electron chi connectivity index (χ0n) is 22.0. The van der Waals surface area contributed by atoms with Gasteiger partial charge in [0.05, 0.1) is 12.8 Å². The summed E-state index contributed by atoms with van der Waals surface area (Å²) in [6.07, 6.45) is 0.366. The lowest BCUT2D eigenvalue weighted by Gasteiger charge is -2.34. The van der Waals surface area contributed by atoms with E-state index in [1.807, 2.05) is 32.9 Å². The Morgan fingerprint density at radius 3 is 2.25 bits per heavy atom. The van der Waals surface area contributed by atoms with Crippen molar-refractivity contribution in [3.63, 3.8) is 0 Å². The Morgan fingerprint density at radius 2 is 1.69 bits per heavy atom. The van der Waals surface area contributed by atoms with E-state index in [0.717, 1.165) is 14.2 Å². The van der Waals surface area contributed by atoms with Gasteiger partial charge in [0, 0.05) is 27.2 Å². The molecule has 2 aromatic carbocycles. The molecule has 0 aromatic heterocycles. The summed E-state index contributed by atoms with van der Waals surface area (Å²) >= 11 is 0. The van der Waals surface area contributed by atoms with Gasteiger partial charge in [-0.1, -0.05) is 51.1 Å². The minimum Gasteiger partial charge on any atom is -0.497 e. The predicted molar refractivity (Wildman–Crippen MR) is 142 cm³/mol. The quantitative estimate of drug-likeness (QED) is 0.440. The van der Waals surface area contributed by atoms with Crippen LogP contribution in [0, 0.1) is 5.92 Å². The third-order valence-electron chi connectivity index (χ3n) is 5.62. The molecule has 2 aromatic rings. The molecular weight excluding hydrogens is 480 g/mol. The van der Waals surface area contributed by atoms with Gasteiger partial charge in [-0.25, -0.2) is 4.31 Å². The van der Waals surface area contributed by atoms with E-state index in [4.69, 9.17) is 4.74 Å². The van der Waals surface area contributed by atoms with Crippen LogP contribution < -0.4 is 14.4 Å². The molecule has 0 aliphatic heterocycles. The molecule has 0 unspecified atom stereocenters. The molecule has 36 heavy (non-hydrogen) atoms. The second-order valence-electron chi connectivity index (χ2n) is 9.07. The number of methoxy groups -OCH3 is 1. The number of carbonyl (C=O) groups excluding carboxylic acids is 2. The molecule has 2 rings (SSSR count). The molecule has 0 aliphatic rings. The maximum atomic E-state index is 13.8. The van der Waals surface area contributed by atoms with Crippen LogP contribution in [-0.2, 0) is 26.3 Å². The molecule has 0 saturated carbocycles. The average molecular weight is 519 g/mol. The summed E-state index contributed by atoms with van der Waals surface area (Å²) in [5, 5.41) is 2.91. The number of hydrogen-bond acceptors (Lipinski definition) is 5. The number of nitrogens with one attached hydrogen (secondary N) is 1. The van der Waals surface area contributed by atoms with Crippen molar-refractivity contribution >= 4 is 27.7 Å². The van der Waals surface area contributed by atoms with Crippen molar-refractivity contribution in [1.29, 1.82) is 0 Å². The molecule has 0 bridgehead atoms. The smallest absolute Gasteiger partial charge is 0.304 e. The van der Waals surface area contributed by atoms with Crippen molar-refractivity contribution < 1.29 is 22.7 Å². The van der Waals surface area contributed by atoms with E-state index in [-0.39, 0.29) is 18.4 Å². The Morgan fingerprint density at radius 1 is 1.03 bits per heavy atom. The first-order valence-corrected chi connectivity index (χ1v) is 13.4. The average Bonchev–Trinajstić information content (AvgIpc) is 2.86. The number of benzene rings is 2. The van der Waals surface area contributed by atoms with Crippen LogP contribution in [0.1, 0.15) is 32.8 Å². The fourth-order valence-corrected chi connectivity index (χ4v) is 4.68. The maximum absolute atomic E-state index is 13.8. The molecule has 0 fully saturated rings. The minimum absolute atomic E-state index is 0.119. The van der Waals surface area contributed by atoms with Gasteiger partial charge in [-0.15, -0.1) is 0 Å². The van der Waals surface area contributed by atoms with E-state index in [9.17, 15) is 18.0 Å². The van der Waals surface area contributed by atoms with E-state index in [0.29, 0.717) is 24.4 Å². The Balaban J connectivity index is 2.47. The van der Waals surface area contributed by atoms with Crippen molar-refractivity contribution in [2.24, 2.45) is 5.92 Å². The number of carbonyl (C=O) groups is 2. The zero-order chi connectivity index (χ0) is 26.9. The summed E-state index contributed by atoms with van der Waals surface area (Å²) in [5.41, 5.74) is 1.12. The second kappa shape index (κ2) is 13.3. The number of anilines is 1. The summed E-state index contributed by atoms with van der Waals surface area (Å²) in [5.74, 6) is 0.105. The lowest BCUT2D eigenvalue weighted by atomic mass is 10.1. The van der Waals surface area contributed by atoms with Gasteiger partial charge in [-0.2, -0.15) is 12.7 Å². The maximum Gasteiger partial charge on any atom is 0.304 e. The van der Waals surface area contributed by atoms with Crippen LogP contribution in [0.25, 0.3) is 0 Å². The highest BCUT2D eigenvalue weighted by Gasteiger charge is 2.33. The van der Waals surface area contributed by atoms with Crippen LogP contribution in [0.15, 0.2) is 54.6 Å². The Kier molecular flexibility index (Phi) is 10.7. The van der Waals surface area contributed by atoms with Crippen molar-refractivity contribution in [1.82, 2.24) is 14.5 Å². The molecule has 0 spiro atoms. The molecule has 198 valence electrons. The number of hydrogen-bond donors (Lipinski definition) is 1. The number of amides is 2. The molecule has 0 radical (unpaired) electrons. The third kappa shape index (κ3) is 7.69. The summed E-state index contributed by atoms with van der Waals surface area (Å²) in [6, 6.07) is 14.9. The van der Waals surface area contributed by atoms with Gasteiger partial charge in [-0.3, -0.25) is 9.59 Å². The minimum atomic E-state index is -3.98. The Hall–Kier alpha value is -3.11. The molecule has 0 saturated heterocycles. The largest absolute Gasteiger partial charge is 0.497 e. The predicted octanol–water partition coefficient (Wildman–Crippen LogP) is 2.89. The zero-order valence-corrected chi connectivity index (χ0v) is 22.8. The number of para-hydroxylation sites is 1. The van der Waals surface area contributed by atoms with Gasteiger partial charge >= 0.3 is 10.2 Å². The molecular formula is C26H38N4O5S. The highest BCUT2D eigenvalue weighted by molar-refractivity contribution is 7.90. The van der Waals surface area contributed by atoms with Crippen LogP contribution >= 0.6 is 0 Å². The second-order valence-corrected chi connectivity index (χ2v) is 11.1. The van der Waals surface area contributed by atoms with E-state index >= 15 is 0 Å². The topological polar surface area (TPSA) is 99.3 Å². The Labute approximate surface area is 215 Å². The van der Waals surface area contributed by atoms with E-state index in [1.165, 1.54) is 19.0 Å². The van der Waals surface area contributed by atoms with E-state index < -0.39 is 28.7 Å². The molecule has 10 heteroatoms. The van der Waals surface area contributed by atoms with Crippen LogP contribution in [0.3, 0.4) is 0 Å². The fourth-order valence-electron chi connectivity index (χ4n) is 3.62. The molecule has 0 aliphatic carbocycles. The first-order valence-electron chi connectivity index (χ1n) is 12.0. The first kappa shape index (κ1) is 29.1. The van der Waals surface area contributed by atoms with Gasteiger partial charge < -0.3 is 15.0 Å². The summed E-state index contributed by atoms with van der Waals surface area (Å²) < 4.78 is 33.8. The lowest BCUT2D eigenvalue weighted by Crippen LogP contribution is -2.53. The molecule has 2 amide bonds. The van der Waals surface area contributed by atoms with Crippen LogP contribution in [0.2, 0.25) is 0 Å². The molecule has 1 atom stereocenters. The van der Waals surface area contributed by atoms with E-state index in [1.54, 1.807) is 49.6 Å². The van der Waals surface area contributed by atoms with Gasteiger partial charge in [0.15, 0.2) is 0 Å². The summed E-state index contributed by atoms with van der Waals surface area (Å²) in [4.78, 5) is 28.4. The van der Waals surface area contributed by atoms with Gasteiger partial charge in [0.25, 0.3) is 0 Å². The van der Waals surface area contributed by atoms with Crippen molar-refractivity contribution in [2.75, 3.05) is 38.6 Å². The first-order chi connectivity index (χ1) is 17.0. The summed E-state index contributed by atoms with van der Waals surface area (Å²) in [7, 11) is 0.405. The number of rotatable bonds is 13.